The van der Waals surface area contributed by atoms with Crippen molar-refractivity contribution in [3.05, 3.63) is 39.0 Å². The summed E-state index contributed by atoms with van der Waals surface area (Å²) in [6.45, 7) is 0. The molecule has 0 fully saturated rings. The maximum Gasteiger partial charge on any atom is 0.354 e. The minimum absolute atomic E-state index is 0.0768. The number of aromatic carboxylic acids is 1. The summed E-state index contributed by atoms with van der Waals surface area (Å²) in [5.41, 5.74) is -0.452. The first kappa shape index (κ1) is 13.8. The van der Waals surface area contributed by atoms with E-state index in [9.17, 15) is 18.0 Å². The molecule has 0 bridgehead atoms. The molecule has 0 atom stereocenters. The Kier molecular flexibility index (Phi) is 3.50. The van der Waals surface area contributed by atoms with Gasteiger partial charge in [0.05, 0.1) is 0 Å². The predicted octanol–water partition coefficient (Wildman–Crippen LogP) is 2.80. The first-order valence-electron chi connectivity index (χ1n) is 4.52. The molecule has 0 aliphatic carbocycles. The summed E-state index contributed by atoms with van der Waals surface area (Å²) in [7, 11) is 0. The highest BCUT2D eigenvalue weighted by molar-refractivity contribution is 9.10. The highest BCUT2D eigenvalue weighted by atomic mass is 79.9. The van der Waals surface area contributed by atoms with Gasteiger partial charge in [0.25, 0.3) is 5.95 Å². The first-order valence-corrected chi connectivity index (χ1v) is 5.69. The van der Waals surface area contributed by atoms with Crippen LogP contribution >= 0.6 is 27.5 Å². The van der Waals surface area contributed by atoms with Crippen LogP contribution < -0.4 is 0 Å². The number of pyridine rings is 1. The smallest absolute Gasteiger partial charge is 0.354 e. The van der Waals surface area contributed by atoms with Crippen LogP contribution in [-0.2, 0) is 0 Å². The Balaban J connectivity index is 2.76. The summed E-state index contributed by atoms with van der Waals surface area (Å²) < 4.78 is 39.9. The van der Waals surface area contributed by atoms with Gasteiger partial charge >= 0.3 is 5.97 Å². The fourth-order valence-electron chi connectivity index (χ4n) is 1.28. The number of carbonyl (C=O) groups is 1. The van der Waals surface area contributed by atoms with Gasteiger partial charge in [-0.15, -0.1) is 0 Å². The Morgan fingerprint density at radius 2 is 2.00 bits per heavy atom. The molecule has 0 aliphatic rings. The van der Waals surface area contributed by atoms with Gasteiger partial charge < -0.3 is 5.11 Å². The molecular weight excluding hydrogens is 354 g/mol. The number of rotatable bonds is 2. The average molecular weight is 356 g/mol. The normalized spacial score (nSPS) is 10.8. The van der Waals surface area contributed by atoms with Crippen molar-refractivity contribution >= 4 is 33.5 Å². The van der Waals surface area contributed by atoms with Crippen LogP contribution in [0, 0.1) is 17.6 Å². The van der Waals surface area contributed by atoms with E-state index in [1.54, 1.807) is 0 Å². The van der Waals surface area contributed by atoms with Crippen molar-refractivity contribution in [1.29, 1.82) is 0 Å². The van der Waals surface area contributed by atoms with Gasteiger partial charge in [-0.05, 0) is 15.9 Å². The third-order valence-electron chi connectivity index (χ3n) is 2.07. The summed E-state index contributed by atoms with van der Waals surface area (Å²) in [5.74, 6) is -7.37. The highest BCUT2D eigenvalue weighted by Crippen LogP contribution is 2.26. The molecule has 100 valence electrons. The summed E-state index contributed by atoms with van der Waals surface area (Å²) >= 11 is 8.37. The van der Waals surface area contributed by atoms with E-state index in [-0.39, 0.29) is 4.60 Å². The molecule has 2 aromatic rings. The quantitative estimate of drug-likeness (QED) is 0.840. The summed E-state index contributed by atoms with van der Waals surface area (Å²) in [6, 6.07) is 1.07. The number of hydrogen-bond donors (Lipinski definition) is 1. The van der Waals surface area contributed by atoms with E-state index >= 15 is 0 Å². The van der Waals surface area contributed by atoms with Gasteiger partial charge in [0.2, 0.25) is 5.82 Å². The lowest BCUT2D eigenvalue weighted by Crippen LogP contribution is -2.12. The van der Waals surface area contributed by atoms with Crippen molar-refractivity contribution in [2.45, 2.75) is 0 Å². The Labute approximate surface area is 116 Å². The molecule has 0 aromatic carbocycles. The van der Waals surface area contributed by atoms with Crippen LogP contribution in [0.1, 0.15) is 10.5 Å². The first-order chi connectivity index (χ1) is 8.82. The number of aromatic nitrogens is 3. The standard InChI is InChI=1S/C9H2BrClF3N3O2/c10-3-1-2(9(18)19)17(16-3)8-4(11)5(12)6(13)7(14)15-8/h1H,(H,18,19). The third kappa shape index (κ3) is 2.30. The molecule has 0 saturated heterocycles. The monoisotopic (exact) mass is 355 g/mol. The molecule has 19 heavy (non-hydrogen) atoms. The van der Waals surface area contributed by atoms with Gasteiger partial charge in [0, 0.05) is 6.07 Å². The zero-order chi connectivity index (χ0) is 14.3. The van der Waals surface area contributed by atoms with Gasteiger partial charge in [-0.3, -0.25) is 0 Å². The molecule has 0 radical (unpaired) electrons. The van der Waals surface area contributed by atoms with Crippen LogP contribution in [0.25, 0.3) is 5.82 Å². The van der Waals surface area contributed by atoms with Gasteiger partial charge in [-0.1, -0.05) is 11.6 Å². The van der Waals surface area contributed by atoms with E-state index in [4.69, 9.17) is 16.7 Å². The number of carboxylic acid groups (broad SMARTS) is 1. The second kappa shape index (κ2) is 4.82. The van der Waals surface area contributed by atoms with Crippen molar-refractivity contribution in [2.75, 3.05) is 0 Å². The van der Waals surface area contributed by atoms with Gasteiger partial charge in [-0.25, -0.2) is 13.9 Å². The van der Waals surface area contributed by atoms with Crippen LogP contribution in [-0.4, -0.2) is 25.8 Å². The maximum atomic E-state index is 13.3. The van der Waals surface area contributed by atoms with Crippen molar-refractivity contribution in [3.63, 3.8) is 0 Å². The number of hydrogen-bond acceptors (Lipinski definition) is 3. The Hall–Kier alpha value is -1.61. The number of carboxylic acids is 1. The van der Waals surface area contributed by atoms with Crippen LogP contribution in [0.4, 0.5) is 13.2 Å². The molecule has 2 aromatic heterocycles. The maximum absolute atomic E-state index is 13.3. The summed E-state index contributed by atoms with van der Waals surface area (Å²) in [4.78, 5) is 14.0. The molecule has 1 N–H and O–H groups in total. The summed E-state index contributed by atoms with van der Waals surface area (Å²) in [6.07, 6.45) is 0. The second-order valence-electron chi connectivity index (χ2n) is 3.24. The Bertz CT molecular complexity index is 692. The lowest BCUT2D eigenvalue weighted by Gasteiger charge is -2.07. The minimum Gasteiger partial charge on any atom is -0.477 e. The van der Waals surface area contributed by atoms with E-state index < -0.39 is 40.1 Å². The van der Waals surface area contributed by atoms with E-state index in [2.05, 4.69) is 26.0 Å². The molecule has 0 amide bonds. The molecule has 2 heterocycles. The van der Waals surface area contributed by atoms with E-state index in [0.29, 0.717) is 4.68 Å². The predicted molar refractivity (Wildman–Crippen MR) is 60.9 cm³/mol. The molecule has 0 aliphatic heterocycles. The second-order valence-corrected chi connectivity index (χ2v) is 4.43. The lowest BCUT2D eigenvalue weighted by molar-refractivity contribution is 0.0686. The third-order valence-corrected chi connectivity index (χ3v) is 2.79. The van der Waals surface area contributed by atoms with Crippen LogP contribution in [0.2, 0.25) is 5.02 Å². The minimum atomic E-state index is -1.85. The zero-order valence-electron chi connectivity index (χ0n) is 8.66. The van der Waals surface area contributed by atoms with E-state index in [1.807, 2.05) is 0 Å². The molecule has 5 nitrogen and oxygen atoms in total. The average Bonchev–Trinajstić information content (AvgIpc) is 2.73. The lowest BCUT2D eigenvalue weighted by atomic mass is 10.4. The van der Waals surface area contributed by atoms with E-state index in [1.165, 1.54) is 0 Å². The fraction of sp³-hybridized carbons (Fsp3) is 0. The van der Waals surface area contributed by atoms with Crippen LogP contribution in [0.5, 0.6) is 0 Å². The molecule has 0 spiro atoms. The number of halogens is 5. The van der Waals surface area contributed by atoms with Gasteiger partial charge in [-0.2, -0.15) is 18.9 Å². The molecular formula is C9H2BrClF3N3O2. The summed E-state index contributed by atoms with van der Waals surface area (Å²) in [5, 5.41) is 11.7. The van der Waals surface area contributed by atoms with Gasteiger partial charge in [0.15, 0.2) is 17.3 Å². The topological polar surface area (TPSA) is 68.0 Å². The SMILES string of the molecule is O=C(O)c1cc(Br)nn1-c1nc(F)c(F)c(F)c1Cl. The van der Waals surface area contributed by atoms with Crippen molar-refractivity contribution < 1.29 is 23.1 Å². The molecule has 2 rings (SSSR count). The number of nitrogens with zero attached hydrogens (tertiary/aromatic N) is 3. The largest absolute Gasteiger partial charge is 0.477 e. The fourth-order valence-corrected chi connectivity index (χ4v) is 1.86. The molecule has 0 unspecified atom stereocenters. The zero-order valence-corrected chi connectivity index (χ0v) is 11.0. The van der Waals surface area contributed by atoms with Crippen LogP contribution in [0.3, 0.4) is 0 Å². The highest BCUT2D eigenvalue weighted by Gasteiger charge is 2.24. The van der Waals surface area contributed by atoms with Crippen molar-refractivity contribution in [3.8, 4) is 5.82 Å². The van der Waals surface area contributed by atoms with Crippen molar-refractivity contribution in [1.82, 2.24) is 14.8 Å². The van der Waals surface area contributed by atoms with Crippen molar-refractivity contribution in [2.24, 2.45) is 0 Å². The van der Waals surface area contributed by atoms with Crippen LogP contribution in [0.15, 0.2) is 10.7 Å². The Morgan fingerprint density at radius 1 is 1.37 bits per heavy atom. The Morgan fingerprint density at radius 3 is 2.58 bits per heavy atom. The van der Waals surface area contributed by atoms with Gasteiger partial charge in [0.1, 0.15) is 9.63 Å². The molecule has 0 saturated carbocycles. The molecule has 10 heteroatoms. The van der Waals surface area contributed by atoms with E-state index in [0.717, 1.165) is 6.07 Å².